The van der Waals surface area contributed by atoms with Crippen LogP contribution in [0.1, 0.15) is 27.2 Å². The Morgan fingerprint density at radius 3 is 2.67 bits per heavy atom. The summed E-state index contributed by atoms with van der Waals surface area (Å²) in [6.07, 6.45) is 2.75. The van der Waals surface area contributed by atoms with Crippen molar-refractivity contribution < 1.29 is 0 Å². The minimum Gasteiger partial charge on any atom is -0.370 e. The summed E-state index contributed by atoms with van der Waals surface area (Å²) in [7, 11) is 1.92. The van der Waals surface area contributed by atoms with Crippen molar-refractivity contribution in [1.82, 2.24) is 9.78 Å². The van der Waals surface area contributed by atoms with Gasteiger partial charge in [-0.15, -0.1) is 0 Å². The number of hydrogen-bond acceptors (Lipinski definition) is 3. The highest BCUT2D eigenvalue weighted by atomic mass is 15.3. The van der Waals surface area contributed by atoms with E-state index in [9.17, 15) is 0 Å². The fourth-order valence-electron chi connectivity index (χ4n) is 1.34. The van der Waals surface area contributed by atoms with E-state index in [0.717, 1.165) is 18.8 Å². The van der Waals surface area contributed by atoms with Gasteiger partial charge in [-0.2, -0.15) is 5.10 Å². The van der Waals surface area contributed by atoms with Crippen LogP contribution in [0.2, 0.25) is 0 Å². The number of hydrogen-bond donors (Lipinski definition) is 2. The Morgan fingerprint density at radius 2 is 2.20 bits per heavy atom. The average molecular weight is 210 g/mol. The molecule has 4 nitrogen and oxygen atoms in total. The first-order valence-corrected chi connectivity index (χ1v) is 5.38. The molecule has 0 radical (unpaired) electrons. The van der Waals surface area contributed by atoms with E-state index in [0.29, 0.717) is 0 Å². The van der Waals surface area contributed by atoms with Gasteiger partial charge in [-0.3, -0.25) is 4.68 Å². The van der Waals surface area contributed by atoms with Gasteiger partial charge in [-0.1, -0.05) is 20.8 Å². The van der Waals surface area contributed by atoms with Gasteiger partial charge in [-0.25, -0.2) is 0 Å². The smallest absolute Gasteiger partial charge is 0.123 e. The first kappa shape index (κ1) is 12.0. The quantitative estimate of drug-likeness (QED) is 0.793. The number of nitrogens with one attached hydrogen (secondary N) is 1. The van der Waals surface area contributed by atoms with E-state index >= 15 is 0 Å². The van der Waals surface area contributed by atoms with E-state index in [-0.39, 0.29) is 11.5 Å². The van der Waals surface area contributed by atoms with Gasteiger partial charge < -0.3 is 11.1 Å². The molecule has 3 N–H and O–H groups in total. The second-order valence-corrected chi connectivity index (χ2v) is 5.03. The molecule has 0 aliphatic heterocycles. The minimum atomic E-state index is 0.175. The van der Waals surface area contributed by atoms with E-state index in [2.05, 4.69) is 31.2 Å². The molecule has 1 aromatic rings. The fourth-order valence-corrected chi connectivity index (χ4v) is 1.34. The Hall–Kier alpha value is -1.03. The van der Waals surface area contributed by atoms with Crippen molar-refractivity contribution in [3.63, 3.8) is 0 Å². The van der Waals surface area contributed by atoms with Crippen LogP contribution in [0.4, 0.5) is 5.82 Å². The third-order valence-electron chi connectivity index (χ3n) is 2.69. The molecule has 15 heavy (non-hydrogen) atoms. The van der Waals surface area contributed by atoms with Gasteiger partial charge in [0.1, 0.15) is 5.82 Å². The van der Waals surface area contributed by atoms with E-state index in [1.165, 1.54) is 0 Å². The molecule has 4 heteroatoms. The molecule has 0 saturated heterocycles. The Labute approximate surface area is 91.8 Å². The third-order valence-corrected chi connectivity index (χ3v) is 2.69. The predicted octanol–water partition coefficient (Wildman–Crippen LogP) is 1.60. The molecule has 0 saturated carbocycles. The summed E-state index contributed by atoms with van der Waals surface area (Å²) >= 11 is 0. The van der Waals surface area contributed by atoms with Gasteiger partial charge in [0.25, 0.3) is 0 Å². The summed E-state index contributed by atoms with van der Waals surface area (Å²) in [4.78, 5) is 0. The first-order valence-electron chi connectivity index (χ1n) is 5.38. The van der Waals surface area contributed by atoms with Crippen molar-refractivity contribution in [3.05, 3.63) is 12.3 Å². The van der Waals surface area contributed by atoms with Crippen molar-refractivity contribution in [3.8, 4) is 0 Å². The third kappa shape index (κ3) is 3.55. The van der Waals surface area contributed by atoms with Gasteiger partial charge in [0, 0.05) is 25.7 Å². The summed E-state index contributed by atoms with van der Waals surface area (Å²) in [6.45, 7) is 7.39. The zero-order valence-electron chi connectivity index (χ0n) is 10.1. The zero-order chi connectivity index (χ0) is 11.5. The summed E-state index contributed by atoms with van der Waals surface area (Å²) < 4.78 is 1.82. The van der Waals surface area contributed by atoms with Crippen molar-refractivity contribution in [1.29, 1.82) is 0 Å². The Balaban J connectivity index is 2.31. The molecular weight excluding hydrogens is 188 g/mol. The standard InChI is InChI=1S/C11H22N4/c1-11(2,3)9(12)5-7-13-10-6-8-14-15(10)4/h6,8-9,13H,5,7,12H2,1-4H3. The maximum atomic E-state index is 6.07. The van der Waals surface area contributed by atoms with Crippen LogP contribution >= 0.6 is 0 Å². The highest BCUT2D eigenvalue weighted by Gasteiger charge is 2.19. The highest BCUT2D eigenvalue weighted by molar-refractivity contribution is 5.33. The molecule has 0 spiro atoms. The average Bonchev–Trinajstić information content (AvgIpc) is 2.50. The van der Waals surface area contributed by atoms with Crippen molar-refractivity contribution in [2.24, 2.45) is 18.2 Å². The minimum absolute atomic E-state index is 0.175. The van der Waals surface area contributed by atoms with Gasteiger partial charge >= 0.3 is 0 Å². The van der Waals surface area contributed by atoms with Crippen LogP contribution in [0.25, 0.3) is 0 Å². The number of nitrogens with two attached hydrogens (primary N) is 1. The van der Waals surface area contributed by atoms with Gasteiger partial charge in [-0.05, 0) is 11.8 Å². The van der Waals surface area contributed by atoms with Crippen molar-refractivity contribution in [2.75, 3.05) is 11.9 Å². The van der Waals surface area contributed by atoms with E-state index in [4.69, 9.17) is 5.73 Å². The maximum absolute atomic E-state index is 6.07. The molecule has 1 heterocycles. The molecule has 86 valence electrons. The topological polar surface area (TPSA) is 55.9 Å². The number of nitrogens with zero attached hydrogens (tertiary/aromatic N) is 2. The first-order chi connectivity index (χ1) is 6.91. The highest BCUT2D eigenvalue weighted by Crippen LogP contribution is 2.19. The van der Waals surface area contributed by atoms with Crippen LogP contribution in [0.3, 0.4) is 0 Å². The Bertz CT molecular complexity index is 298. The lowest BCUT2D eigenvalue weighted by Crippen LogP contribution is -2.36. The second kappa shape index (κ2) is 4.66. The van der Waals surface area contributed by atoms with Crippen LogP contribution in [0.15, 0.2) is 12.3 Å². The molecule has 0 bridgehead atoms. The normalized spacial score (nSPS) is 13.9. The Morgan fingerprint density at radius 1 is 1.53 bits per heavy atom. The summed E-state index contributed by atoms with van der Waals surface area (Å²) in [5.41, 5.74) is 6.24. The van der Waals surface area contributed by atoms with Crippen LogP contribution in [-0.2, 0) is 7.05 Å². The van der Waals surface area contributed by atoms with Crippen LogP contribution in [-0.4, -0.2) is 22.4 Å². The van der Waals surface area contributed by atoms with E-state index < -0.39 is 0 Å². The van der Waals surface area contributed by atoms with Crippen LogP contribution < -0.4 is 11.1 Å². The van der Waals surface area contributed by atoms with E-state index in [1.54, 1.807) is 6.20 Å². The predicted molar refractivity (Wildman–Crippen MR) is 63.7 cm³/mol. The number of rotatable bonds is 4. The molecule has 0 aliphatic rings. The number of aryl methyl sites for hydroxylation is 1. The summed E-state index contributed by atoms with van der Waals surface area (Å²) in [6, 6.07) is 2.18. The zero-order valence-corrected chi connectivity index (χ0v) is 10.1. The molecule has 0 amide bonds. The lowest BCUT2D eigenvalue weighted by Gasteiger charge is -2.27. The largest absolute Gasteiger partial charge is 0.370 e. The molecule has 1 rings (SSSR count). The van der Waals surface area contributed by atoms with Crippen LogP contribution in [0.5, 0.6) is 0 Å². The SMILES string of the molecule is Cn1nccc1NCCC(N)C(C)(C)C. The van der Waals surface area contributed by atoms with Crippen molar-refractivity contribution in [2.45, 2.75) is 33.2 Å². The molecule has 1 atom stereocenters. The molecule has 1 aromatic heterocycles. The molecule has 0 aromatic carbocycles. The van der Waals surface area contributed by atoms with Crippen LogP contribution in [0, 0.1) is 5.41 Å². The molecule has 1 unspecified atom stereocenters. The lowest BCUT2D eigenvalue weighted by molar-refractivity contribution is 0.310. The summed E-state index contributed by atoms with van der Waals surface area (Å²) in [5.74, 6) is 1.04. The molecular formula is C11H22N4. The fraction of sp³-hybridized carbons (Fsp3) is 0.727. The summed E-state index contributed by atoms with van der Waals surface area (Å²) in [5, 5.41) is 7.40. The monoisotopic (exact) mass is 210 g/mol. The Kier molecular flexibility index (Phi) is 3.74. The molecule has 0 fully saturated rings. The van der Waals surface area contributed by atoms with Gasteiger partial charge in [0.2, 0.25) is 0 Å². The number of anilines is 1. The molecule has 0 aliphatic carbocycles. The second-order valence-electron chi connectivity index (χ2n) is 5.03. The lowest BCUT2D eigenvalue weighted by atomic mass is 9.85. The van der Waals surface area contributed by atoms with E-state index in [1.807, 2.05) is 17.8 Å². The maximum Gasteiger partial charge on any atom is 0.123 e. The van der Waals surface area contributed by atoms with Crippen molar-refractivity contribution >= 4 is 5.82 Å². The number of aromatic nitrogens is 2. The van der Waals surface area contributed by atoms with Gasteiger partial charge in [0.15, 0.2) is 0 Å². The van der Waals surface area contributed by atoms with Gasteiger partial charge in [0.05, 0.1) is 6.20 Å².